The molecule has 1 atom stereocenters. The number of nitrogens with zero attached hydrogens (tertiary/aromatic N) is 2. The third-order valence-corrected chi connectivity index (χ3v) is 5.45. The zero-order chi connectivity index (χ0) is 19.5. The first kappa shape index (κ1) is 18.7. The molecular weight excluding hydrogens is 396 g/mol. The first-order valence-corrected chi connectivity index (χ1v) is 9.96. The molecular formula is C21H17ClN2O3S. The van der Waals surface area contributed by atoms with Crippen LogP contribution in [-0.2, 0) is 6.54 Å². The van der Waals surface area contributed by atoms with Crippen LogP contribution in [0.5, 0.6) is 5.75 Å². The Kier molecular flexibility index (Phi) is 5.43. The fourth-order valence-electron chi connectivity index (χ4n) is 2.93. The van der Waals surface area contributed by atoms with Crippen LogP contribution >= 0.6 is 22.9 Å². The number of fused-ring (bicyclic) bond motifs is 1. The van der Waals surface area contributed by atoms with Crippen molar-refractivity contribution in [3.63, 3.8) is 0 Å². The van der Waals surface area contributed by atoms with E-state index in [9.17, 15) is 9.90 Å². The molecule has 5 nitrogen and oxygen atoms in total. The molecule has 0 saturated carbocycles. The zero-order valence-corrected chi connectivity index (χ0v) is 16.4. The quantitative estimate of drug-likeness (QED) is 0.515. The van der Waals surface area contributed by atoms with E-state index in [-0.39, 0.29) is 18.7 Å². The number of thiophene rings is 1. The lowest BCUT2D eigenvalue weighted by Gasteiger charge is -2.14. The second-order valence-electron chi connectivity index (χ2n) is 6.32. The summed E-state index contributed by atoms with van der Waals surface area (Å²) in [6, 6.07) is 16.6. The molecule has 1 N–H and O–H groups in total. The Morgan fingerprint density at radius 2 is 1.89 bits per heavy atom. The third-order valence-electron chi connectivity index (χ3n) is 4.31. The number of halogens is 1. The van der Waals surface area contributed by atoms with E-state index < -0.39 is 6.10 Å². The SMILES string of the molecule is O=c1c2c(-c3ccccc3)csc2ncn1C[C@H](O)COc1ccc(Cl)cc1. The number of hydrogen-bond donors (Lipinski definition) is 1. The van der Waals surface area contributed by atoms with Crippen LogP contribution in [0.25, 0.3) is 21.3 Å². The van der Waals surface area contributed by atoms with Gasteiger partial charge in [0.1, 0.15) is 23.3 Å². The van der Waals surface area contributed by atoms with E-state index in [1.165, 1.54) is 22.2 Å². The summed E-state index contributed by atoms with van der Waals surface area (Å²) in [6.07, 6.45) is 0.619. The second-order valence-corrected chi connectivity index (χ2v) is 7.61. The lowest BCUT2D eigenvalue weighted by molar-refractivity contribution is 0.0915. The smallest absolute Gasteiger partial charge is 0.262 e. The van der Waals surface area contributed by atoms with Crippen LogP contribution in [0.4, 0.5) is 0 Å². The van der Waals surface area contributed by atoms with Crippen molar-refractivity contribution in [2.45, 2.75) is 12.6 Å². The van der Waals surface area contributed by atoms with Gasteiger partial charge in [0, 0.05) is 16.0 Å². The molecule has 28 heavy (non-hydrogen) atoms. The van der Waals surface area contributed by atoms with Crippen molar-refractivity contribution in [2.24, 2.45) is 0 Å². The maximum Gasteiger partial charge on any atom is 0.262 e. The van der Waals surface area contributed by atoms with Gasteiger partial charge in [0.25, 0.3) is 5.56 Å². The maximum atomic E-state index is 13.0. The molecule has 4 aromatic rings. The number of ether oxygens (including phenoxy) is 1. The summed E-state index contributed by atoms with van der Waals surface area (Å²) in [5.74, 6) is 0.605. The molecule has 7 heteroatoms. The van der Waals surface area contributed by atoms with Gasteiger partial charge < -0.3 is 9.84 Å². The van der Waals surface area contributed by atoms with E-state index in [0.717, 1.165) is 11.1 Å². The van der Waals surface area contributed by atoms with Crippen LogP contribution in [0, 0.1) is 0 Å². The van der Waals surface area contributed by atoms with Gasteiger partial charge >= 0.3 is 0 Å². The van der Waals surface area contributed by atoms with Gasteiger partial charge in [0.05, 0.1) is 18.3 Å². The zero-order valence-electron chi connectivity index (χ0n) is 14.8. The fourth-order valence-corrected chi connectivity index (χ4v) is 3.96. The number of rotatable bonds is 6. The van der Waals surface area contributed by atoms with Crippen molar-refractivity contribution >= 4 is 33.2 Å². The van der Waals surface area contributed by atoms with Crippen LogP contribution in [0.3, 0.4) is 0 Å². The molecule has 0 fully saturated rings. The van der Waals surface area contributed by atoms with E-state index >= 15 is 0 Å². The standard InChI is InChI=1S/C21H17ClN2O3S/c22-15-6-8-17(9-7-15)27-11-16(25)10-24-13-23-20-19(21(24)26)18(12-28-20)14-4-2-1-3-5-14/h1-9,12-13,16,25H,10-11H2/t16-/m0/s1. The Bertz CT molecular complexity index is 1140. The Hall–Kier alpha value is -2.67. The molecule has 0 radical (unpaired) electrons. The molecule has 0 aliphatic carbocycles. The minimum Gasteiger partial charge on any atom is -0.491 e. The molecule has 0 saturated heterocycles. The molecule has 4 rings (SSSR count). The summed E-state index contributed by atoms with van der Waals surface area (Å²) in [5, 5.41) is 13.4. The van der Waals surface area contributed by atoms with Crippen LogP contribution in [0.2, 0.25) is 5.02 Å². The van der Waals surface area contributed by atoms with Gasteiger partial charge in [0.15, 0.2) is 0 Å². The predicted octanol–water partition coefficient (Wildman–Crippen LogP) is 4.22. The van der Waals surface area contributed by atoms with Crippen LogP contribution in [0.15, 0.2) is 71.1 Å². The third kappa shape index (κ3) is 3.94. The highest BCUT2D eigenvalue weighted by atomic mass is 35.5. The van der Waals surface area contributed by atoms with Gasteiger partial charge in [-0.25, -0.2) is 4.98 Å². The number of aliphatic hydroxyl groups excluding tert-OH is 1. The van der Waals surface area contributed by atoms with Gasteiger partial charge in [-0.2, -0.15) is 0 Å². The van der Waals surface area contributed by atoms with Crippen molar-refractivity contribution in [3.8, 4) is 16.9 Å². The largest absolute Gasteiger partial charge is 0.491 e. The molecule has 142 valence electrons. The second kappa shape index (κ2) is 8.14. The summed E-state index contributed by atoms with van der Waals surface area (Å²) in [6.45, 7) is 0.154. The van der Waals surface area contributed by atoms with Crippen LogP contribution in [0.1, 0.15) is 0 Å². The molecule has 2 aromatic heterocycles. The monoisotopic (exact) mass is 412 g/mol. The van der Waals surface area contributed by atoms with Crippen molar-refractivity contribution in [3.05, 3.63) is 81.7 Å². The predicted molar refractivity (Wildman–Crippen MR) is 112 cm³/mol. The Morgan fingerprint density at radius 1 is 1.14 bits per heavy atom. The molecule has 0 spiro atoms. The summed E-state index contributed by atoms with van der Waals surface area (Å²) in [4.78, 5) is 18.1. The summed E-state index contributed by atoms with van der Waals surface area (Å²) < 4.78 is 6.99. The summed E-state index contributed by atoms with van der Waals surface area (Å²) in [5.41, 5.74) is 1.66. The van der Waals surface area contributed by atoms with E-state index in [0.29, 0.717) is 21.0 Å². The Balaban J connectivity index is 1.54. The lowest BCUT2D eigenvalue weighted by atomic mass is 10.1. The Morgan fingerprint density at radius 3 is 2.64 bits per heavy atom. The molecule has 0 bridgehead atoms. The first-order valence-electron chi connectivity index (χ1n) is 8.70. The highest BCUT2D eigenvalue weighted by molar-refractivity contribution is 7.17. The topological polar surface area (TPSA) is 64.4 Å². The maximum absolute atomic E-state index is 13.0. The number of aromatic nitrogens is 2. The van der Waals surface area contributed by atoms with Crippen molar-refractivity contribution in [2.75, 3.05) is 6.61 Å². The molecule has 0 amide bonds. The van der Waals surface area contributed by atoms with Crippen molar-refractivity contribution in [1.29, 1.82) is 0 Å². The highest BCUT2D eigenvalue weighted by Crippen LogP contribution is 2.30. The van der Waals surface area contributed by atoms with E-state index in [1.54, 1.807) is 24.3 Å². The molecule has 0 aliphatic rings. The highest BCUT2D eigenvalue weighted by Gasteiger charge is 2.15. The van der Waals surface area contributed by atoms with Crippen LogP contribution < -0.4 is 10.3 Å². The van der Waals surface area contributed by atoms with Crippen LogP contribution in [-0.4, -0.2) is 27.4 Å². The van der Waals surface area contributed by atoms with Gasteiger partial charge in [-0.05, 0) is 29.8 Å². The first-order chi connectivity index (χ1) is 13.6. The Labute approximate surface area is 170 Å². The van der Waals surface area contributed by atoms with Crippen molar-refractivity contribution in [1.82, 2.24) is 9.55 Å². The lowest BCUT2D eigenvalue weighted by Crippen LogP contribution is -2.30. The van der Waals surface area contributed by atoms with Gasteiger partial charge in [-0.1, -0.05) is 41.9 Å². The summed E-state index contributed by atoms with van der Waals surface area (Å²) in [7, 11) is 0. The minimum absolute atomic E-state index is 0.0568. The number of benzene rings is 2. The normalized spacial score (nSPS) is 12.2. The van der Waals surface area contributed by atoms with Crippen molar-refractivity contribution < 1.29 is 9.84 Å². The average molecular weight is 413 g/mol. The van der Waals surface area contributed by atoms with E-state index in [4.69, 9.17) is 16.3 Å². The van der Waals surface area contributed by atoms with E-state index in [1.807, 2.05) is 35.7 Å². The average Bonchev–Trinajstić information content (AvgIpc) is 3.15. The summed E-state index contributed by atoms with van der Waals surface area (Å²) >= 11 is 7.28. The molecule has 2 heterocycles. The molecule has 0 aliphatic heterocycles. The van der Waals surface area contributed by atoms with Gasteiger partial charge in [0.2, 0.25) is 0 Å². The van der Waals surface area contributed by atoms with Gasteiger partial charge in [-0.15, -0.1) is 11.3 Å². The van der Waals surface area contributed by atoms with Gasteiger partial charge in [-0.3, -0.25) is 9.36 Å². The molecule has 0 unspecified atom stereocenters. The van der Waals surface area contributed by atoms with E-state index in [2.05, 4.69) is 4.98 Å². The number of hydrogen-bond acceptors (Lipinski definition) is 5. The number of aliphatic hydroxyl groups is 1. The fraction of sp³-hybridized carbons (Fsp3) is 0.143. The molecule has 2 aromatic carbocycles. The minimum atomic E-state index is -0.855.